The molecule has 1 amide bonds. The third-order valence-electron chi connectivity index (χ3n) is 5.81. The van der Waals surface area contributed by atoms with Crippen molar-refractivity contribution in [1.29, 1.82) is 0 Å². The number of carbonyl (C=O) groups is 1. The zero-order valence-electron chi connectivity index (χ0n) is 14.2. The molecule has 0 radical (unpaired) electrons. The number of phenols is 1. The fraction of sp³-hybridized carbons (Fsp3) is 0.632. The lowest BCUT2D eigenvalue weighted by molar-refractivity contribution is -0.118. The molecule has 2 aliphatic rings. The van der Waals surface area contributed by atoms with Crippen LogP contribution in [0.4, 0.5) is 0 Å². The molecule has 126 valence electrons. The van der Waals surface area contributed by atoms with Gasteiger partial charge in [0.15, 0.2) is 0 Å². The third kappa shape index (κ3) is 3.09. The van der Waals surface area contributed by atoms with Gasteiger partial charge in [-0.3, -0.25) is 9.69 Å². The molecule has 1 aromatic carbocycles. The summed E-state index contributed by atoms with van der Waals surface area (Å²) in [6.45, 7) is 5.63. The summed E-state index contributed by atoms with van der Waals surface area (Å²) in [5.74, 6) is 0.132. The molecule has 3 rings (SSSR count). The summed E-state index contributed by atoms with van der Waals surface area (Å²) in [6, 6.07) is 6.97. The number of aromatic hydroxyl groups is 1. The first-order valence-electron chi connectivity index (χ1n) is 8.78. The standard InChI is InChI=1S/C19H28N2O2/c1-13(2)21-9-8-19(7-3-4-18(20)23)12-15(21)10-14-5-6-16(22)11-17(14)19/h5-6,11,13,15,22H,3-4,7-10,12H2,1-2H3,(H2,20,23). The number of primary amides is 1. The van der Waals surface area contributed by atoms with Gasteiger partial charge in [0.25, 0.3) is 0 Å². The summed E-state index contributed by atoms with van der Waals surface area (Å²) in [6.07, 6.45) is 5.55. The van der Waals surface area contributed by atoms with Crippen LogP contribution in [0.15, 0.2) is 18.2 Å². The number of carbonyl (C=O) groups excluding carboxylic acids is 1. The maximum absolute atomic E-state index is 11.1. The van der Waals surface area contributed by atoms with Gasteiger partial charge in [0.2, 0.25) is 5.91 Å². The fourth-order valence-electron chi connectivity index (χ4n) is 4.76. The van der Waals surface area contributed by atoms with Crippen LogP contribution in [0.1, 0.15) is 57.1 Å². The first kappa shape index (κ1) is 16.3. The summed E-state index contributed by atoms with van der Waals surface area (Å²) in [5, 5.41) is 9.97. The normalized spacial score (nSPS) is 27.0. The van der Waals surface area contributed by atoms with Crippen LogP contribution in [0.3, 0.4) is 0 Å². The molecule has 4 nitrogen and oxygen atoms in total. The van der Waals surface area contributed by atoms with E-state index in [-0.39, 0.29) is 11.3 Å². The van der Waals surface area contributed by atoms with Gasteiger partial charge in [0, 0.05) is 18.5 Å². The average Bonchev–Trinajstić information content (AvgIpc) is 2.48. The number of fused-ring (bicyclic) bond motifs is 4. The second-order valence-electron chi connectivity index (χ2n) is 7.59. The van der Waals surface area contributed by atoms with Gasteiger partial charge < -0.3 is 10.8 Å². The number of rotatable bonds is 5. The highest BCUT2D eigenvalue weighted by molar-refractivity contribution is 5.73. The molecule has 0 aromatic heterocycles. The number of benzene rings is 1. The Kier molecular flexibility index (Phi) is 4.37. The second-order valence-corrected chi connectivity index (χ2v) is 7.59. The molecule has 1 aliphatic heterocycles. The fourth-order valence-corrected chi connectivity index (χ4v) is 4.76. The van der Waals surface area contributed by atoms with E-state index in [1.807, 2.05) is 6.07 Å². The van der Waals surface area contributed by atoms with Gasteiger partial charge in [-0.25, -0.2) is 0 Å². The van der Waals surface area contributed by atoms with Crippen molar-refractivity contribution in [2.24, 2.45) is 5.73 Å². The largest absolute Gasteiger partial charge is 0.508 e. The lowest BCUT2D eigenvalue weighted by Gasteiger charge is -2.53. The first-order chi connectivity index (χ1) is 10.9. The van der Waals surface area contributed by atoms with Gasteiger partial charge in [-0.1, -0.05) is 6.07 Å². The average molecular weight is 316 g/mol. The number of hydrogen-bond donors (Lipinski definition) is 2. The lowest BCUT2D eigenvalue weighted by atomic mass is 9.61. The van der Waals surface area contributed by atoms with Gasteiger partial charge >= 0.3 is 0 Å². The highest BCUT2D eigenvalue weighted by Crippen LogP contribution is 2.49. The van der Waals surface area contributed by atoms with Gasteiger partial charge in [-0.05, 0) is 81.2 Å². The molecule has 1 saturated heterocycles. The van der Waals surface area contributed by atoms with E-state index >= 15 is 0 Å². The van der Waals surface area contributed by atoms with Crippen LogP contribution in [0.5, 0.6) is 5.75 Å². The van der Waals surface area contributed by atoms with Crippen LogP contribution < -0.4 is 5.73 Å². The molecule has 1 aromatic rings. The van der Waals surface area contributed by atoms with E-state index < -0.39 is 0 Å². The zero-order valence-corrected chi connectivity index (χ0v) is 14.2. The summed E-state index contributed by atoms with van der Waals surface area (Å²) in [7, 11) is 0. The number of likely N-dealkylation sites (tertiary alicyclic amines) is 1. The van der Waals surface area contributed by atoms with E-state index in [1.54, 1.807) is 6.07 Å². The molecule has 3 N–H and O–H groups in total. The quantitative estimate of drug-likeness (QED) is 0.878. The lowest BCUT2D eigenvalue weighted by Crippen LogP contribution is -2.55. The molecule has 2 atom stereocenters. The minimum absolute atomic E-state index is 0.0951. The monoisotopic (exact) mass is 316 g/mol. The number of nitrogens with zero attached hydrogens (tertiary/aromatic N) is 1. The van der Waals surface area contributed by atoms with Crippen LogP contribution >= 0.6 is 0 Å². The molecule has 1 fully saturated rings. The Morgan fingerprint density at radius 3 is 2.96 bits per heavy atom. The SMILES string of the molecule is CC(C)N1CCC2(CCCC(N)=O)CC1Cc1ccc(O)cc12. The van der Waals surface area contributed by atoms with Crippen LogP contribution in [0, 0.1) is 0 Å². The number of phenolic OH excluding ortho intramolecular Hbond substituents is 1. The summed E-state index contributed by atoms with van der Waals surface area (Å²) < 4.78 is 0. The van der Waals surface area contributed by atoms with Crippen molar-refractivity contribution in [3.05, 3.63) is 29.3 Å². The number of hydrogen-bond acceptors (Lipinski definition) is 3. The van der Waals surface area contributed by atoms with Gasteiger partial charge in [-0.15, -0.1) is 0 Å². The van der Waals surface area contributed by atoms with Gasteiger partial charge in [0.1, 0.15) is 5.75 Å². The van der Waals surface area contributed by atoms with Crippen molar-refractivity contribution < 1.29 is 9.90 Å². The molecule has 23 heavy (non-hydrogen) atoms. The Labute approximate surface area is 138 Å². The van der Waals surface area contributed by atoms with Crippen LogP contribution in [0.2, 0.25) is 0 Å². The minimum Gasteiger partial charge on any atom is -0.508 e. The summed E-state index contributed by atoms with van der Waals surface area (Å²) in [4.78, 5) is 13.7. The topological polar surface area (TPSA) is 66.6 Å². The molecule has 1 heterocycles. The van der Waals surface area contributed by atoms with E-state index in [1.165, 1.54) is 11.1 Å². The maximum atomic E-state index is 11.1. The van der Waals surface area contributed by atoms with Crippen LogP contribution in [0.25, 0.3) is 0 Å². The third-order valence-corrected chi connectivity index (χ3v) is 5.81. The van der Waals surface area contributed by atoms with Crippen LogP contribution in [-0.4, -0.2) is 34.5 Å². The Bertz CT molecular complexity index is 599. The van der Waals surface area contributed by atoms with Crippen molar-refractivity contribution in [2.45, 2.75) is 69.9 Å². The smallest absolute Gasteiger partial charge is 0.217 e. The predicted molar refractivity (Wildman–Crippen MR) is 91.4 cm³/mol. The Morgan fingerprint density at radius 2 is 2.26 bits per heavy atom. The number of piperidine rings is 1. The highest BCUT2D eigenvalue weighted by Gasteiger charge is 2.45. The molecule has 0 saturated carbocycles. The maximum Gasteiger partial charge on any atom is 0.217 e. The minimum atomic E-state index is -0.218. The van der Waals surface area contributed by atoms with Crippen molar-refractivity contribution in [3.63, 3.8) is 0 Å². The Balaban J connectivity index is 1.92. The highest BCUT2D eigenvalue weighted by atomic mass is 16.3. The van der Waals surface area contributed by atoms with E-state index in [2.05, 4.69) is 24.8 Å². The number of nitrogens with two attached hydrogens (primary N) is 1. The molecule has 2 bridgehead atoms. The second kappa shape index (κ2) is 6.16. The molecule has 4 heteroatoms. The molecular formula is C19H28N2O2. The van der Waals surface area contributed by atoms with Crippen LogP contribution in [-0.2, 0) is 16.6 Å². The zero-order chi connectivity index (χ0) is 16.6. The van der Waals surface area contributed by atoms with E-state index in [0.29, 0.717) is 24.3 Å². The van der Waals surface area contributed by atoms with E-state index in [0.717, 1.165) is 38.6 Å². The molecule has 2 unspecified atom stereocenters. The molecule has 0 spiro atoms. The van der Waals surface area contributed by atoms with Crippen molar-refractivity contribution >= 4 is 5.91 Å². The summed E-state index contributed by atoms with van der Waals surface area (Å²) >= 11 is 0. The van der Waals surface area contributed by atoms with Crippen molar-refractivity contribution in [2.75, 3.05) is 6.54 Å². The van der Waals surface area contributed by atoms with Crippen molar-refractivity contribution in [3.8, 4) is 5.75 Å². The van der Waals surface area contributed by atoms with Gasteiger partial charge in [0.05, 0.1) is 0 Å². The van der Waals surface area contributed by atoms with Crippen molar-refractivity contribution in [1.82, 2.24) is 4.90 Å². The molecule has 1 aliphatic carbocycles. The predicted octanol–water partition coefficient (Wildman–Crippen LogP) is 2.71. The Morgan fingerprint density at radius 1 is 1.48 bits per heavy atom. The summed E-state index contributed by atoms with van der Waals surface area (Å²) in [5.41, 5.74) is 8.09. The molecular weight excluding hydrogens is 288 g/mol. The Hall–Kier alpha value is -1.55. The van der Waals surface area contributed by atoms with Gasteiger partial charge in [-0.2, -0.15) is 0 Å². The first-order valence-corrected chi connectivity index (χ1v) is 8.78. The van der Waals surface area contributed by atoms with E-state index in [4.69, 9.17) is 5.73 Å². The number of amides is 1. The van der Waals surface area contributed by atoms with E-state index in [9.17, 15) is 9.90 Å².